The van der Waals surface area contributed by atoms with Gasteiger partial charge < -0.3 is 4.90 Å². The van der Waals surface area contributed by atoms with Gasteiger partial charge in [-0.3, -0.25) is 4.40 Å². The molecule has 0 bridgehead atoms. The van der Waals surface area contributed by atoms with Gasteiger partial charge in [-0.15, -0.1) is 11.6 Å². The molecule has 0 aromatic carbocycles. The fourth-order valence-electron chi connectivity index (χ4n) is 2.63. The van der Waals surface area contributed by atoms with Gasteiger partial charge in [0.15, 0.2) is 0 Å². The first kappa shape index (κ1) is 10.9. The molecule has 0 saturated carbocycles. The smallest absolute Gasteiger partial charge is 0.138 e. The first-order chi connectivity index (χ1) is 8.40. The molecule has 17 heavy (non-hydrogen) atoms. The second-order valence-electron chi connectivity index (χ2n) is 4.54. The largest absolute Gasteiger partial charge is 0.354 e. The zero-order valence-corrected chi connectivity index (χ0v) is 10.5. The molecule has 1 saturated heterocycles. The Kier molecular flexibility index (Phi) is 2.93. The zero-order chi connectivity index (χ0) is 11.7. The average molecular weight is 250 g/mol. The maximum atomic E-state index is 6.08. The highest BCUT2D eigenvalue weighted by atomic mass is 35.5. The van der Waals surface area contributed by atoms with Crippen molar-refractivity contribution in [1.82, 2.24) is 9.38 Å². The number of hydrogen-bond donors (Lipinski definition) is 0. The molecule has 3 rings (SSSR count). The van der Waals surface area contributed by atoms with Crippen molar-refractivity contribution in [3.8, 4) is 0 Å². The van der Waals surface area contributed by atoms with Crippen LogP contribution in [0.25, 0.3) is 5.65 Å². The van der Waals surface area contributed by atoms with Gasteiger partial charge in [-0.25, -0.2) is 4.98 Å². The Bertz CT molecular complexity index is 508. The second-order valence-corrected chi connectivity index (χ2v) is 4.85. The molecular formula is C13H16ClN3. The molecule has 1 aliphatic rings. The van der Waals surface area contributed by atoms with Crippen molar-refractivity contribution in [2.24, 2.45) is 0 Å². The third-order valence-electron chi connectivity index (χ3n) is 3.51. The number of fused-ring (bicyclic) bond motifs is 1. The van der Waals surface area contributed by atoms with Gasteiger partial charge >= 0.3 is 0 Å². The average Bonchev–Trinajstić information content (AvgIpc) is 2.86. The summed E-state index contributed by atoms with van der Waals surface area (Å²) in [6.07, 6.45) is 7.59. The van der Waals surface area contributed by atoms with Crippen molar-refractivity contribution in [3.05, 3.63) is 30.6 Å². The van der Waals surface area contributed by atoms with E-state index in [-0.39, 0.29) is 0 Å². The summed E-state index contributed by atoms with van der Waals surface area (Å²) in [5.41, 5.74) is 1.00. The topological polar surface area (TPSA) is 20.5 Å². The van der Waals surface area contributed by atoms with Crippen molar-refractivity contribution >= 4 is 23.1 Å². The van der Waals surface area contributed by atoms with E-state index in [4.69, 9.17) is 11.6 Å². The summed E-state index contributed by atoms with van der Waals surface area (Å²) in [7, 11) is 0. The van der Waals surface area contributed by atoms with Crippen LogP contribution in [0, 0.1) is 0 Å². The van der Waals surface area contributed by atoms with E-state index in [1.54, 1.807) is 0 Å². The maximum Gasteiger partial charge on any atom is 0.138 e. The van der Waals surface area contributed by atoms with E-state index in [1.807, 2.05) is 18.5 Å². The van der Waals surface area contributed by atoms with Crippen molar-refractivity contribution in [2.75, 3.05) is 17.3 Å². The summed E-state index contributed by atoms with van der Waals surface area (Å²) in [6.45, 7) is 1.09. The van der Waals surface area contributed by atoms with Gasteiger partial charge in [0.1, 0.15) is 11.5 Å². The molecule has 0 aliphatic carbocycles. The molecule has 1 aliphatic heterocycles. The van der Waals surface area contributed by atoms with Crippen LogP contribution in [0.15, 0.2) is 30.6 Å². The summed E-state index contributed by atoms with van der Waals surface area (Å²) in [5.74, 6) is 1.91. The molecule has 3 nitrogen and oxygen atoms in total. The van der Waals surface area contributed by atoms with Crippen LogP contribution in [-0.4, -0.2) is 27.9 Å². The normalized spacial score (nSPS) is 21.0. The van der Waals surface area contributed by atoms with Gasteiger partial charge in [-0.2, -0.15) is 0 Å². The van der Waals surface area contributed by atoms with E-state index in [2.05, 4.69) is 26.4 Å². The third-order valence-corrected chi connectivity index (χ3v) is 3.86. The molecule has 1 atom stereocenters. The van der Waals surface area contributed by atoms with E-state index >= 15 is 0 Å². The van der Waals surface area contributed by atoms with E-state index in [0.29, 0.717) is 11.9 Å². The molecule has 2 aromatic heterocycles. The first-order valence-corrected chi connectivity index (χ1v) is 6.68. The Labute approximate surface area is 106 Å². The van der Waals surface area contributed by atoms with Crippen LogP contribution in [0.5, 0.6) is 0 Å². The number of aromatic nitrogens is 2. The van der Waals surface area contributed by atoms with Crippen LogP contribution >= 0.6 is 11.6 Å². The van der Waals surface area contributed by atoms with Crippen molar-refractivity contribution in [2.45, 2.75) is 25.3 Å². The zero-order valence-electron chi connectivity index (χ0n) is 9.72. The summed E-state index contributed by atoms with van der Waals surface area (Å²) < 4.78 is 2.14. The first-order valence-electron chi connectivity index (χ1n) is 6.15. The molecule has 90 valence electrons. The summed E-state index contributed by atoms with van der Waals surface area (Å²) in [4.78, 5) is 6.75. The fourth-order valence-corrected chi connectivity index (χ4v) is 2.95. The van der Waals surface area contributed by atoms with Gasteiger partial charge in [-0.05, 0) is 31.4 Å². The molecule has 1 fully saturated rings. The predicted octanol–water partition coefficient (Wildman–Crippen LogP) is 2.93. The minimum atomic E-state index is 0.457. The Balaban J connectivity index is 2.04. The van der Waals surface area contributed by atoms with E-state index in [1.165, 1.54) is 25.1 Å². The highest BCUT2D eigenvalue weighted by Gasteiger charge is 2.23. The summed E-state index contributed by atoms with van der Waals surface area (Å²) >= 11 is 6.08. The quantitative estimate of drug-likeness (QED) is 0.763. The molecule has 4 heteroatoms. The lowest BCUT2D eigenvalue weighted by molar-refractivity contribution is 0.483. The minimum absolute atomic E-state index is 0.457. The van der Waals surface area contributed by atoms with Crippen LogP contribution < -0.4 is 4.90 Å². The highest BCUT2D eigenvalue weighted by Crippen LogP contribution is 2.25. The number of nitrogens with zero attached hydrogens (tertiary/aromatic N) is 3. The molecule has 0 N–H and O–H groups in total. The molecule has 3 heterocycles. The second kappa shape index (κ2) is 4.57. The Morgan fingerprint density at radius 3 is 3.18 bits per heavy atom. The number of anilines is 1. The number of alkyl halides is 1. The molecule has 0 amide bonds. The predicted molar refractivity (Wildman–Crippen MR) is 70.9 cm³/mol. The van der Waals surface area contributed by atoms with E-state index in [9.17, 15) is 0 Å². The van der Waals surface area contributed by atoms with Crippen molar-refractivity contribution in [1.29, 1.82) is 0 Å². The van der Waals surface area contributed by atoms with Crippen LogP contribution in [0.1, 0.15) is 19.3 Å². The molecule has 1 unspecified atom stereocenters. The monoisotopic (exact) mass is 249 g/mol. The van der Waals surface area contributed by atoms with Gasteiger partial charge in [0.25, 0.3) is 0 Å². The van der Waals surface area contributed by atoms with Gasteiger partial charge in [0, 0.05) is 30.9 Å². The number of hydrogen-bond acceptors (Lipinski definition) is 2. The fraction of sp³-hybridized carbons (Fsp3) is 0.462. The van der Waals surface area contributed by atoms with Crippen LogP contribution in [0.3, 0.4) is 0 Å². The highest BCUT2D eigenvalue weighted by molar-refractivity contribution is 6.18. The number of imidazole rings is 1. The Morgan fingerprint density at radius 2 is 2.29 bits per heavy atom. The standard InChI is InChI=1S/C13H16ClN3/c14-10-11-4-1-2-8-16(11)13-6-3-5-12-15-7-9-17(12)13/h3,5-7,9,11H,1-2,4,8,10H2. The van der Waals surface area contributed by atoms with Gasteiger partial charge in [0.05, 0.1) is 0 Å². The van der Waals surface area contributed by atoms with E-state index < -0.39 is 0 Å². The molecular weight excluding hydrogens is 234 g/mol. The molecule has 2 aromatic rings. The molecule has 0 spiro atoms. The van der Waals surface area contributed by atoms with E-state index in [0.717, 1.165) is 12.2 Å². The van der Waals surface area contributed by atoms with Crippen LogP contribution in [0.2, 0.25) is 0 Å². The number of piperidine rings is 1. The Morgan fingerprint density at radius 1 is 1.35 bits per heavy atom. The number of rotatable bonds is 2. The summed E-state index contributed by atoms with van der Waals surface area (Å²) in [5, 5.41) is 0. The maximum absolute atomic E-state index is 6.08. The van der Waals surface area contributed by atoms with Gasteiger partial charge in [0.2, 0.25) is 0 Å². The van der Waals surface area contributed by atoms with Crippen LogP contribution in [-0.2, 0) is 0 Å². The lowest BCUT2D eigenvalue weighted by Gasteiger charge is -2.36. The molecule has 0 radical (unpaired) electrons. The van der Waals surface area contributed by atoms with Gasteiger partial charge in [-0.1, -0.05) is 6.07 Å². The minimum Gasteiger partial charge on any atom is -0.354 e. The van der Waals surface area contributed by atoms with Crippen molar-refractivity contribution < 1.29 is 0 Å². The Hall–Kier alpha value is -1.22. The lowest BCUT2D eigenvalue weighted by Crippen LogP contribution is -2.41. The number of pyridine rings is 1. The SMILES string of the molecule is ClCC1CCCCN1c1cccc2nccn12. The lowest BCUT2D eigenvalue weighted by atomic mass is 10.0. The summed E-state index contributed by atoms with van der Waals surface area (Å²) in [6, 6.07) is 6.71. The number of halogens is 1. The van der Waals surface area contributed by atoms with Crippen LogP contribution in [0.4, 0.5) is 5.82 Å². The third kappa shape index (κ3) is 1.89. The van der Waals surface area contributed by atoms with Crippen molar-refractivity contribution in [3.63, 3.8) is 0 Å².